The van der Waals surface area contributed by atoms with Gasteiger partial charge in [0.05, 0.1) is 17.6 Å². The summed E-state index contributed by atoms with van der Waals surface area (Å²) in [6.45, 7) is -0.135. The summed E-state index contributed by atoms with van der Waals surface area (Å²) < 4.78 is 2.00. The number of nitrogens with two attached hydrogens (primary N) is 2. The van der Waals surface area contributed by atoms with Crippen LogP contribution in [0, 0.1) is 10.8 Å². The van der Waals surface area contributed by atoms with Crippen molar-refractivity contribution in [2.75, 3.05) is 6.54 Å². The van der Waals surface area contributed by atoms with Gasteiger partial charge in [-0.25, -0.2) is 4.98 Å². The molecule has 0 bridgehead atoms. The van der Waals surface area contributed by atoms with E-state index >= 15 is 0 Å². The summed E-state index contributed by atoms with van der Waals surface area (Å²) >= 11 is 0. The number of nitrogens with zero attached hydrogens (tertiary/aromatic N) is 2. The molecule has 0 aliphatic heterocycles. The van der Waals surface area contributed by atoms with E-state index in [4.69, 9.17) is 27.3 Å². The smallest absolute Gasteiger partial charge is 0.321 e. The lowest BCUT2D eigenvalue weighted by molar-refractivity contribution is -0.139. The Balaban J connectivity index is 1.40. The third-order valence-corrected chi connectivity index (χ3v) is 6.71. The number of carbonyl (C=O) groups is 2. The summed E-state index contributed by atoms with van der Waals surface area (Å²) in [5.41, 5.74) is 16.2. The van der Waals surface area contributed by atoms with E-state index in [1.165, 1.54) is 0 Å². The number of ketones is 1. The molecular weight excluding hydrogens is 494 g/mol. The Morgan fingerprint density at radius 1 is 0.897 bits per heavy atom. The highest BCUT2D eigenvalue weighted by Gasteiger charge is 2.20. The molecule has 0 spiro atoms. The minimum Gasteiger partial charge on any atom is -0.480 e. The van der Waals surface area contributed by atoms with Crippen molar-refractivity contribution >= 4 is 34.5 Å². The molecule has 0 aliphatic carbocycles. The molecule has 4 aromatic rings. The van der Waals surface area contributed by atoms with E-state index in [9.17, 15) is 14.7 Å². The molecule has 10 nitrogen and oxygen atoms in total. The Morgan fingerprint density at radius 3 is 2.03 bits per heavy atom. The lowest BCUT2D eigenvalue weighted by Crippen LogP contribution is -2.41. The number of aryl methyl sites for hydroxylation is 3. The molecule has 3 aromatic carbocycles. The summed E-state index contributed by atoms with van der Waals surface area (Å²) in [5.74, 6) is -0.425. The van der Waals surface area contributed by atoms with Crippen LogP contribution in [0.15, 0.2) is 66.7 Å². The van der Waals surface area contributed by atoms with Crippen LogP contribution < -0.4 is 16.8 Å². The molecule has 4 rings (SSSR count). The zero-order chi connectivity index (χ0) is 28.1. The van der Waals surface area contributed by atoms with Crippen LogP contribution in [0.2, 0.25) is 0 Å². The van der Waals surface area contributed by atoms with Gasteiger partial charge < -0.3 is 21.1 Å². The number of aromatic nitrogens is 2. The summed E-state index contributed by atoms with van der Waals surface area (Å²) in [5, 5.41) is 27.5. The van der Waals surface area contributed by atoms with Crippen LogP contribution >= 0.6 is 0 Å². The van der Waals surface area contributed by atoms with Gasteiger partial charge in [-0.3, -0.25) is 25.7 Å². The van der Waals surface area contributed by atoms with E-state index in [0.29, 0.717) is 28.6 Å². The van der Waals surface area contributed by atoms with E-state index in [-0.39, 0.29) is 30.4 Å². The number of Topliss-reactive ketones (excluding diaryl/α,β-unsaturated/α-hetero) is 1. The van der Waals surface area contributed by atoms with Crippen LogP contribution in [0.5, 0.6) is 0 Å². The fourth-order valence-corrected chi connectivity index (χ4v) is 4.37. The molecule has 1 aromatic heterocycles. The van der Waals surface area contributed by atoms with Crippen molar-refractivity contribution < 1.29 is 14.7 Å². The summed E-state index contributed by atoms with van der Waals surface area (Å²) in [4.78, 5) is 29.4. The number of carboxylic acids is 1. The van der Waals surface area contributed by atoms with Gasteiger partial charge in [0.15, 0.2) is 5.78 Å². The summed E-state index contributed by atoms with van der Waals surface area (Å²) in [7, 11) is 1.94. The number of aliphatic carboxylic acids is 1. The second kappa shape index (κ2) is 11.7. The van der Waals surface area contributed by atoms with Crippen molar-refractivity contribution in [3.8, 4) is 0 Å². The molecule has 0 aliphatic rings. The Bertz CT molecular complexity index is 1540. The SMILES string of the molecule is Cn1c(CCc2ccc(C(=N)N)cc2)nc2cc(C(=O)CNC(Cc3ccc(C(=N)N)cc3)C(=O)O)ccc21. The van der Waals surface area contributed by atoms with Gasteiger partial charge in [-0.05, 0) is 42.2 Å². The lowest BCUT2D eigenvalue weighted by Gasteiger charge is -2.14. The molecule has 1 unspecified atom stereocenters. The van der Waals surface area contributed by atoms with Crippen molar-refractivity contribution in [3.63, 3.8) is 0 Å². The molecular formula is C29H31N7O3. The quantitative estimate of drug-likeness (QED) is 0.0931. The Morgan fingerprint density at radius 2 is 1.46 bits per heavy atom. The van der Waals surface area contributed by atoms with Crippen molar-refractivity contribution in [1.82, 2.24) is 14.9 Å². The Kier molecular flexibility index (Phi) is 8.16. The first-order valence-electron chi connectivity index (χ1n) is 12.4. The van der Waals surface area contributed by atoms with Gasteiger partial charge in [0, 0.05) is 30.2 Å². The van der Waals surface area contributed by atoms with E-state index in [1.54, 1.807) is 36.4 Å². The maximum absolute atomic E-state index is 12.9. The largest absolute Gasteiger partial charge is 0.480 e. The van der Waals surface area contributed by atoms with Crippen molar-refractivity contribution in [1.29, 1.82) is 10.8 Å². The molecule has 0 saturated carbocycles. The van der Waals surface area contributed by atoms with Gasteiger partial charge in [-0.2, -0.15) is 0 Å². The van der Waals surface area contributed by atoms with E-state index in [2.05, 4.69) is 5.32 Å². The van der Waals surface area contributed by atoms with Gasteiger partial charge in [0.2, 0.25) is 0 Å². The number of nitrogens with one attached hydrogen (secondary N) is 3. The molecule has 1 atom stereocenters. The number of hydrogen-bond acceptors (Lipinski definition) is 6. The molecule has 39 heavy (non-hydrogen) atoms. The minimum atomic E-state index is -1.06. The number of benzene rings is 3. The van der Waals surface area contributed by atoms with Gasteiger partial charge >= 0.3 is 5.97 Å². The van der Waals surface area contributed by atoms with Crippen LogP contribution in [0.3, 0.4) is 0 Å². The molecule has 10 heteroatoms. The number of rotatable bonds is 12. The van der Waals surface area contributed by atoms with E-state index < -0.39 is 12.0 Å². The van der Waals surface area contributed by atoms with Crippen LogP contribution in [0.1, 0.15) is 38.4 Å². The number of imidazole rings is 1. The van der Waals surface area contributed by atoms with Crippen LogP contribution in [0.25, 0.3) is 11.0 Å². The second-order valence-corrected chi connectivity index (χ2v) is 9.41. The normalized spacial score (nSPS) is 11.8. The number of carbonyl (C=O) groups excluding carboxylic acids is 1. The van der Waals surface area contributed by atoms with E-state index in [1.807, 2.05) is 41.9 Å². The maximum atomic E-state index is 12.9. The third kappa shape index (κ3) is 6.55. The zero-order valence-corrected chi connectivity index (χ0v) is 21.6. The summed E-state index contributed by atoms with van der Waals surface area (Å²) in [6.07, 6.45) is 1.64. The predicted octanol–water partition coefficient (Wildman–Crippen LogP) is 2.39. The Hall–Kier alpha value is -4.83. The van der Waals surface area contributed by atoms with Gasteiger partial charge in [-0.15, -0.1) is 0 Å². The van der Waals surface area contributed by atoms with Crippen molar-refractivity contribution in [2.45, 2.75) is 25.3 Å². The molecule has 0 fully saturated rings. The predicted molar refractivity (Wildman–Crippen MR) is 150 cm³/mol. The van der Waals surface area contributed by atoms with Crippen LogP contribution in [-0.4, -0.2) is 50.7 Å². The molecule has 0 radical (unpaired) electrons. The molecule has 200 valence electrons. The first kappa shape index (κ1) is 27.2. The number of carboxylic acid groups (broad SMARTS) is 1. The topological polar surface area (TPSA) is 184 Å². The van der Waals surface area contributed by atoms with Crippen LogP contribution in [-0.2, 0) is 31.1 Å². The van der Waals surface area contributed by atoms with Crippen LogP contribution in [0.4, 0.5) is 0 Å². The monoisotopic (exact) mass is 525 g/mol. The molecule has 8 N–H and O–H groups in total. The lowest BCUT2D eigenvalue weighted by atomic mass is 10.0. The highest BCUT2D eigenvalue weighted by Crippen LogP contribution is 2.19. The molecule has 0 saturated heterocycles. The molecule has 0 amide bonds. The highest BCUT2D eigenvalue weighted by molar-refractivity contribution is 6.00. The third-order valence-electron chi connectivity index (χ3n) is 6.71. The first-order valence-corrected chi connectivity index (χ1v) is 12.4. The van der Waals surface area contributed by atoms with Gasteiger partial charge in [0.1, 0.15) is 23.5 Å². The standard InChI is InChI=1S/C29H31N7O3/c1-36-24-12-11-21(15-22(24)35-26(36)13-6-17-2-7-19(8-3-17)27(30)31)25(37)16-34-23(29(38)39)14-18-4-9-20(10-5-18)28(32)33/h2-5,7-12,15,23,34H,6,13-14,16H2,1H3,(H3,30,31)(H3,32,33)(H,38,39). The van der Waals surface area contributed by atoms with Crippen molar-refractivity contribution in [2.24, 2.45) is 18.5 Å². The number of amidine groups is 2. The number of nitrogen functional groups attached to an aromatic ring is 2. The average Bonchev–Trinajstić information content (AvgIpc) is 3.24. The fourth-order valence-electron chi connectivity index (χ4n) is 4.37. The zero-order valence-electron chi connectivity index (χ0n) is 21.6. The Labute approximate surface area is 225 Å². The minimum absolute atomic E-state index is 0.0383. The fraction of sp³-hybridized carbons (Fsp3) is 0.207. The maximum Gasteiger partial charge on any atom is 0.321 e. The van der Waals surface area contributed by atoms with Gasteiger partial charge in [-0.1, -0.05) is 48.5 Å². The average molecular weight is 526 g/mol. The van der Waals surface area contributed by atoms with E-state index in [0.717, 1.165) is 28.9 Å². The van der Waals surface area contributed by atoms with Gasteiger partial charge in [0.25, 0.3) is 0 Å². The number of hydrogen-bond donors (Lipinski definition) is 6. The molecule has 1 heterocycles. The second-order valence-electron chi connectivity index (χ2n) is 9.41. The first-order chi connectivity index (χ1) is 18.6. The van der Waals surface area contributed by atoms with Crippen molar-refractivity contribution in [3.05, 3.63) is 100 Å². The summed E-state index contributed by atoms with van der Waals surface area (Å²) in [6, 6.07) is 18.7. The highest BCUT2D eigenvalue weighted by atomic mass is 16.4. The number of fused-ring (bicyclic) bond motifs is 1.